The standard InChI is InChI=1S/C87H170O17P2/c1-5-9-13-17-21-25-29-32-35-38-39-40-41-44-47-50-54-58-62-66-70-74-87(92)104-83(78-98-85(90)72-68-64-60-56-52-48-45-42-36-33-30-26-22-18-14-10-6-2)80-102-106(95,96)100-76-81(88)75-99-105(93,94)101-79-82(77-97-84(89)71-67-63-59-55-51-28-24-20-16-12-8-4)103-86(91)73-69-65-61-57-53-49-46-43-37-34-31-27-23-19-15-11-7-3/h81-83,88H,5-80H2,1-4H3,(H,93,94)(H,95,96)/t81-,82+,83+/m0/s1. The molecule has 0 aromatic rings. The second-order valence-electron chi connectivity index (χ2n) is 31.3. The quantitative estimate of drug-likeness (QED) is 0.0222. The smallest absolute Gasteiger partial charge is 0.462 e. The molecule has 0 saturated heterocycles. The Morgan fingerprint density at radius 3 is 0.557 bits per heavy atom. The molecule has 0 heterocycles. The van der Waals surface area contributed by atoms with Crippen LogP contribution in [0.4, 0.5) is 0 Å². The number of hydrogen-bond acceptors (Lipinski definition) is 15. The summed E-state index contributed by atoms with van der Waals surface area (Å²) in [6.45, 7) is 5.07. The second kappa shape index (κ2) is 81.1. The fraction of sp³-hybridized carbons (Fsp3) is 0.954. The molecule has 3 N–H and O–H groups in total. The second-order valence-corrected chi connectivity index (χ2v) is 34.2. The van der Waals surface area contributed by atoms with Gasteiger partial charge >= 0.3 is 39.5 Å². The largest absolute Gasteiger partial charge is 0.472 e. The number of carbonyl (C=O) groups excluding carboxylic acids is 4. The summed E-state index contributed by atoms with van der Waals surface area (Å²) >= 11 is 0. The van der Waals surface area contributed by atoms with Gasteiger partial charge in [0.2, 0.25) is 0 Å². The van der Waals surface area contributed by atoms with Crippen molar-refractivity contribution in [3.8, 4) is 0 Å². The molecule has 0 saturated carbocycles. The third-order valence-corrected chi connectivity index (χ3v) is 22.5. The van der Waals surface area contributed by atoms with E-state index in [0.717, 1.165) is 89.9 Å². The van der Waals surface area contributed by atoms with Crippen molar-refractivity contribution in [1.82, 2.24) is 0 Å². The highest BCUT2D eigenvalue weighted by atomic mass is 31.2. The molecule has 630 valence electrons. The zero-order chi connectivity index (χ0) is 77.4. The van der Waals surface area contributed by atoms with Gasteiger partial charge in [-0.15, -0.1) is 0 Å². The summed E-state index contributed by atoms with van der Waals surface area (Å²) in [5.74, 6) is -2.10. The maximum atomic E-state index is 13.2. The van der Waals surface area contributed by atoms with Crippen molar-refractivity contribution in [2.75, 3.05) is 39.6 Å². The highest BCUT2D eigenvalue weighted by Gasteiger charge is 2.30. The maximum Gasteiger partial charge on any atom is 0.472 e. The van der Waals surface area contributed by atoms with Gasteiger partial charge in [0.1, 0.15) is 19.3 Å². The Labute approximate surface area is 651 Å². The van der Waals surface area contributed by atoms with Crippen molar-refractivity contribution in [3.05, 3.63) is 0 Å². The van der Waals surface area contributed by atoms with Crippen LogP contribution in [0.15, 0.2) is 0 Å². The lowest BCUT2D eigenvalue weighted by atomic mass is 10.0. The Morgan fingerprint density at radius 1 is 0.226 bits per heavy atom. The van der Waals surface area contributed by atoms with E-state index in [-0.39, 0.29) is 25.7 Å². The summed E-state index contributed by atoms with van der Waals surface area (Å²) < 4.78 is 68.9. The highest BCUT2D eigenvalue weighted by Crippen LogP contribution is 2.45. The van der Waals surface area contributed by atoms with Crippen molar-refractivity contribution in [2.24, 2.45) is 0 Å². The van der Waals surface area contributed by atoms with Crippen LogP contribution >= 0.6 is 15.6 Å². The SMILES string of the molecule is CCCCCCCCCCCCCCCCCCCCCCCC(=O)O[C@H](COC(=O)CCCCCCCCCCCCCCCCCCC)COP(=O)(O)OC[C@@H](O)COP(=O)(O)OC[C@@H](COC(=O)CCCCCCCCCCCCC)OC(=O)CCCCCCCCCCCCCCCCCCC. The number of hydrogen-bond donors (Lipinski definition) is 3. The van der Waals surface area contributed by atoms with Crippen LogP contribution in [0.3, 0.4) is 0 Å². The predicted molar refractivity (Wildman–Crippen MR) is 437 cm³/mol. The molecular formula is C87H170O17P2. The van der Waals surface area contributed by atoms with Crippen molar-refractivity contribution in [3.63, 3.8) is 0 Å². The molecule has 0 radical (unpaired) electrons. The molecule has 17 nitrogen and oxygen atoms in total. The Hall–Kier alpha value is -1.94. The molecule has 0 amide bonds. The lowest BCUT2D eigenvalue weighted by Crippen LogP contribution is -2.30. The van der Waals surface area contributed by atoms with Crippen LogP contribution in [0.25, 0.3) is 0 Å². The molecule has 5 atom stereocenters. The van der Waals surface area contributed by atoms with Gasteiger partial charge in [-0.25, -0.2) is 9.13 Å². The van der Waals surface area contributed by atoms with Crippen molar-refractivity contribution < 1.29 is 80.2 Å². The van der Waals surface area contributed by atoms with E-state index in [0.29, 0.717) is 25.7 Å². The van der Waals surface area contributed by atoms with Crippen LogP contribution in [0, 0.1) is 0 Å². The van der Waals surface area contributed by atoms with E-state index in [1.165, 1.54) is 308 Å². The van der Waals surface area contributed by atoms with E-state index in [4.69, 9.17) is 37.0 Å². The van der Waals surface area contributed by atoms with E-state index >= 15 is 0 Å². The van der Waals surface area contributed by atoms with Gasteiger partial charge in [-0.3, -0.25) is 37.3 Å². The topological polar surface area (TPSA) is 237 Å². The minimum Gasteiger partial charge on any atom is -0.462 e. The van der Waals surface area contributed by atoms with Gasteiger partial charge in [-0.2, -0.15) is 0 Å². The van der Waals surface area contributed by atoms with E-state index < -0.39 is 97.5 Å². The van der Waals surface area contributed by atoms with Crippen LogP contribution < -0.4 is 0 Å². The number of phosphoric ester groups is 2. The number of esters is 4. The summed E-state index contributed by atoms with van der Waals surface area (Å²) in [7, 11) is -9.93. The molecule has 0 fully saturated rings. The highest BCUT2D eigenvalue weighted by molar-refractivity contribution is 7.47. The lowest BCUT2D eigenvalue weighted by molar-refractivity contribution is -0.161. The molecule has 0 aromatic heterocycles. The zero-order valence-corrected chi connectivity index (χ0v) is 71.2. The Morgan fingerprint density at radius 2 is 0.377 bits per heavy atom. The molecule has 0 aliphatic carbocycles. The van der Waals surface area contributed by atoms with Gasteiger partial charge in [-0.1, -0.05) is 426 Å². The number of carbonyl (C=O) groups is 4. The van der Waals surface area contributed by atoms with Gasteiger partial charge in [0.05, 0.1) is 26.4 Å². The van der Waals surface area contributed by atoms with Crippen LogP contribution in [-0.2, 0) is 65.4 Å². The molecule has 0 bridgehead atoms. The normalized spacial score (nSPS) is 13.7. The first-order valence-electron chi connectivity index (χ1n) is 45.3. The van der Waals surface area contributed by atoms with E-state index in [1.807, 2.05) is 0 Å². The Kier molecular flexibility index (Phi) is 79.6. The van der Waals surface area contributed by atoms with Gasteiger partial charge < -0.3 is 33.8 Å². The Bertz CT molecular complexity index is 2000. The monoisotopic (exact) mass is 1550 g/mol. The van der Waals surface area contributed by atoms with Gasteiger partial charge in [0, 0.05) is 25.7 Å². The molecule has 2 unspecified atom stereocenters. The fourth-order valence-electron chi connectivity index (χ4n) is 13.7. The molecule has 19 heteroatoms. The van der Waals surface area contributed by atoms with E-state index in [2.05, 4.69) is 27.7 Å². The minimum absolute atomic E-state index is 0.109. The molecular weight excluding hydrogens is 1380 g/mol. The maximum absolute atomic E-state index is 13.2. The number of aliphatic hydroxyl groups excluding tert-OH is 1. The van der Waals surface area contributed by atoms with Crippen molar-refractivity contribution >= 4 is 39.5 Å². The first-order valence-corrected chi connectivity index (χ1v) is 48.3. The Balaban J connectivity index is 5.23. The number of ether oxygens (including phenoxy) is 4. The van der Waals surface area contributed by atoms with Crippen molar-refractivity contribution in [1.29, 1.82) is 0 Å². The van der Waals surface area contributed by atoms with Gasteiger partial charge in [0.15, 0.2) is 12.2 Å². The van der Waals surface area contributed by atoms with E-state index in [1.54, 1.807) is 0 Å². The van der Waals surface area contributed by atoms with Crippen LogP contribution in [0.2, 0.25) is 0 Å². The van der Waals surface area contributed by atoms with Crippen LogP contribution in [0.1, 0.15) is 477 Å². The number of rotatable bonds is 88. The molecule has 0 aliphatic heterocycles. The van der Waals surface area contributed by atoms with Gasteiger partial charge in [-0.05, 0) is 25.7 Å². The molecule has 0 rings (SSSR count). The minimum atomic E-state index is -4.97. The molecule has 106 heavy (non-hydrogen) atoms. The van der Waals surface area contributed by atoms with E-state index in [9.17, 15) is 43.2 Å². The summed E-state index contributed by atoms with van der Waals surface area (Å²) in [4.78, 5) is 73.3. The molecule has 0 aliphatic rings. The number of unbranched alkanes of at least 4 members (excludes halogenated alkanes) is 62. The van der Waals surface area contributed by atoms with Crippen LogP contribution in [0.5, 0.6) is 0 Å². The summed E-state index contributed by atoms with van der Waals surface area (Å²) in [6.07, 6.45) is 76.3. The fourth-order valence-corrected chi connectivity index (χ4v) is 15.3. The average Bonchev–Trinajstić information content (AvgIpc) is 0.903. The summed E-state index contributed by atoms with van der Waals surface area (Å²) in [6, 6.07) is 0. The molecule has 0 aromatic carbocycles. The van der Waals surface area contributed by atoms with Crippen LogP contribution in [-0.4, -0.2) is 96.7 Å². The van der Waals surface area contributed by atoms with Gasteiger partial charge in [0.25, 0.3) is 0 Å². The average molecular weight is 1550 g/mol. The van der Waals surface area contributed by atoms with Crippen molar-refractivity contribution in [2.45, 2.75) is 495 Å². The predicted octanol–water partition coefficient (Wildman–Crippen LogP) is 26.9. The number of aliphatic hydroxyl groups is 1. The lowest BCUT2D eigenvalue weighted by Gasteiger charge is -2.21. The molecule has 0 spiro atoms. The zero-order valence-electron chi connectivity index (χ0n) is 69.4. The first kappa shape index (κ1) is 104. The first-order chi connectivity index (χ1) is 51.7. The third kappa shape index (κ3) is 80.1. The summed E-state index contributed by atoms with van der Waals surface area (Å²) in [5, 5.41) is 10.7. The summed E-state index contributed by atoms with van der Waals surface area (Å²) in [5.41, 5.74) is 0. The number of phosphoric acid groups is 2. The third-order valence-electron chi connectivity index (χ3n) is 20.6.